The summed E-state index contributed by atoms with van der Waals surface area (Å²) in [5.74, 6) is -1.03. The number of hydrogen-bond donors (Lipinski definition) is 2. The molecule has 2 aromatic carbocycles. The van der Waals surface area contributed by atoms with E-state index in [1.807, 2.05) is 0 Å². The topological polar surface area (TPSA) is 119 Å². The number of carbonyl (C=O) groups is 1. The van der Waals surface area contributed by atoms with Crippen LogP contribution in [0.25, 0.3) is 6.08 Å². The van der Waals surface area contributed by atoms with Crippen molar-refractivity contribution in [1.29, 1.82) is 0 Å². The lowest BCUT2D eigenvalue weighted by molar-refractivity contribution is -0.386. The molecule has 0 radical (unpaired) electrons. The van der Waals surface area contributed by atoms with Gasteiger partial charge in [-0.2, -0.15) is 0 Å². The number of phenols is 2. The number of benzene rings is 2. The average molecular weight is 329 g/mol. The molecule has 1 aliphatic heterocycles. The van der Waals surface area contributed by atoms with Crippen LogP contribution in [0.1, 0.15) is 15.9 Å². The number of nitrogens with zero attached hydrogens (tertiary/aromatic N) is 1. The van der Waals surface area contributed by atoms with Gasteiger partial charge in [0.05, 0.1) is 17.6 Å². The second-order valence-electron chi connectivity index (χ2n) is 4.97. The number of nitro benzene ring substituents is 1. The van der Waals surface area contributed by atoms with Crippen molar-refractivity contribution in [3.63, 3.8) is 0 Å². The molecule has 2 aromatic rings. The maximum atomic E-state index is 12.3. The summed E-state index contributed by atoms with van der Waals surface area (Å²) >= 11 is 0. The summed E-state index contributed by atoms with van der Waals surface area (Å²) in [4.78, 5) is 22.5. The van der Waals surface area contributed by atoms with Gasteiger partial charge in [0.1, 0.15) is 11.5 Å². The number of methoxy groups -OCH3 is 1. The zero-order chi connectivity index (χ0) is 17.4. The first-order valence-electron chi connectivity index (χ1n) is 6.73. The van der Waals surface area contributed by atoms with Crippen LogP contribution in [0.2, 0.25) is 0 Å². The van der Waals surface area contributed by atoms with Crippen molar-refractivity contribution >= 4 is 17.5 Å². The summed E-state index contributed by atoms with van der Waals surface area (Å²) in [6, 6.07) is 6.52. The highest BCUT2D eigenvalue weighted by Crippen LogP contribution is 2.39. The number of Topliss-reactive ketones (excluding diaryl/α,β-unsaturated/α-hetero) is 1. The Morgan fingerprint density at radius 2 is 2.00 bits per heavy atom. The van der Waals surface area contributed by atoms with Crippen LogP contribution in [0, 0.1) is 10.1 Å². The summed E-state index contributed by atoms with van der Waals surface area (Å²) in [6.45, 7) is 0. The Hall–Kier alpha value is -3.55. The largest absolute Gasteiger partial charge is 0.508 e. The van der Waals surface area contributed by atoms with E-state index in [9.17, 15) is 25.1 Å². The van der Waals surface area contributed by atoms with E-state index in [-0.39, 0.29) is 34.1 Å². The van der Waals surface area contributed by atoms with E-state index < -0.39 is 22.1 Å². The van der Waals surface area contributed by atoms with Gasteiger partial charge >= 0.3 is 5.69 Å². The second-order valence-corrected chi connectivity index (χ2v) is 4.97. The van der Waals surface area contributed by atoms with Gasteiger partial charge in [-0.1, -0.05) is 0 Å². The molecular weight excluding hydrogens is 318 g/mol. The standard InChI is InChI=1S/C16H11NO7/c1-23-13-5-8(4-11(16(13)20)17(21)22)6-14-15(19)10-3-2-9(18)7-12(10)24-14/h2-7,18,20H,1H3/b14-6-. The second kappa shape index (κ2) is 5.58. The summed E-state index contributed by atoms with van der Waals surface area (Å²) < 4.78 is 10.3. The van der Waals surface area contributed by atoms with E-state index in [2.05, 4.69) is 0 Å². The van der Waals surface area contributed by atoms with Crippen LogP contribution < -0.4 is 9.47 Å². The Balaban J connectivity index is 2.05. The number of nitro groups is 1. The minimum atomic E-state index is -0.760. The summed E-state index contributed by atoms with van der Waals surface area (Å²) in [6.07, 6.45) is 1.30. The maximum absolute atomic E-state index is 12.3. The number of fused-ring (bicyclic) bond motifs is 1. The van der Waals surface area contributed by atoms with Gasteiger partial charge in [-0.25, -0.2) is 0 Å². The molecule has 3 rings (SSSR count). The van der Waals surface area contributed by atoms with Crippen LogP contribution >= 0.6 is 0 Å². The van der Waals surface area contributed by atoms with Crippen LogP contribution in [0.4, 0.5) is 5.69 Å². The third-order valence-electron chi connectivity index (χ3n) is 3.45. The van der Waals surface area contributed by atoms with Crippen molar-refractivity contribution < 1.29 is 29.4 Å². The monoisotopic (exact) mass is 329 g/mol. The Labute approximate surface area is 135 Å². The van der Waals surface area contributed by atoms with Crippen LogP contribution in [0.15, 0.2) is 36.1 Å². The third-order valence-corrected chi connectivity index (χ3v) is 3.45. The predicted molar refractivity (Wildman–Crippen MR) is 82.4 cm³/mol. The SMILES string of the molecule is COc1cc(/C=C2\Oc3cc(O)ccc3C2=O)cc([N+](=O)[O-])c1O. The molecule has 0 aromatic heterocycles. The first-order valence-corrected chi connectivity index (χ1v) is 6.73. The minimum Gasteiger partial charge on any atom is -0.508 e. The van der Waals surface area contributed by atoms with Crippen molar-refractivity contribution in [3.05, 3.63) is 57.3 Å². The van der Waals surface area contributed by atoms with E-state index in [4.69, 9.17) is 9.47 Å². The molecule has 0 aliphatic carbocycles. The Morgan fingerprint density at radius 3 is 2.67 bits per heavy atom. The van der Waals surface area contributed by atoms with E-state index in [0.717, 1.165) is 6.07 Å². The van der Waals surface area contributed by atoms with Crippen LogP contribution in [-0.4, -0.2) is 28.0 Å². The first-order chi connectivity index (χ1) is 11.4. The highest BCUT2D eigenvalue weighted by molar-refractivity contribution is 6.14. The highest BCUT2D eigenvalue weighted by Gasteiger charge is 2.28. The molecule has 0 spiro atoms. The lowest BCUT2D eigenvalue weighted by atomic mass is 10.1. The number of carbonyl (C=O) groups excluding carboxylic acids is 1. The van der Waals surface area contributed by atoms with Crippen LogP contribution in [0.5, 0.6) is 23.0 Å². The molecule has 0 unspecified atom stereocenters. The van der Waals surface area contributed by atoms with E-state index in [1.165, 1.54) is 37.5 Å². The lowest BCUT2D eigenvalue weighted by Crippen LogP contribution is -1.99. The van der Waals surface area contributed by atoms with E-state index in [0.29, 0.717) is 0 Å². The summed E-state index contributed by atoms with van der Waals surface area (Å²) in [7, 11) is 1.26. The van der Waals surface area contributed by atoms with Crippen molar-refractivity contribution in [2.45, 2.75) is 0 Å². The van der Waals surface area contributed by atoms with Gasteiger partial charge in [0.15, 0.2) is 11.5 Å². The fourth-order valence-corrected chi connectivity index (χ4v) is 2.32. The number of rotatable bonds is 3. The van der Waals surface area contributed by atoms with E-state index >= 15 is 0 Å². The molecule has 8 nitrogen and oxygen atoms in total. The zero-order valence-corrected chi connectivity index (χ0v) is 12.3. The van der Waals surface area contributed by atoms with Crippen molar-refractivity contribution in [3.8, 4) is 23.0 Å². The van der Waals surface area contributed by atoms with Gasteiger partial charge in [-0.3, -0.25) is 14.9 Å². The quantitative estimate of drug-likeness (QED) is 0.504. The molecule has 122 valence electrons. The smallest absolute Gasteiger partial charge is 0.315 e. The van der Waals surface area contributed by atoms with Crippen LogP contribution in [-0.2, 0) is 0 Å². The van der Waals surface area contributed by atoms with E-state index in [1.54, 1.807) is 0 Å². The number of aromatic hydroxyl groups is 2. The number of ketones is 1. The Bertz CT molecular complexity index is 902. The normalized spacial score (nSPS) is 14.4. The third kappa shape index (κ3) is 2.50. The molecule has 1 aliphatic rings. The van der Waals surface area contributed by atoms with Gasteiger partial charge in [0, 0.05) is 12.1 Å². The molecule has 24 heavy (non-hydrogen) atoms. The minimum absolute atomic E-state index is 0.0512. The number of phenolic OH excluding ortho intramolecular Hbond substituents is 2. The molecule has 0 bridgehead atoms. The predicted octanol–water partition coefficient (Wildman–Crippen LogP) is 2.63. The van der Waals surface area contributed by atoms with Gasteiger partial charge in [0.2, 0.25) is 11.5 Å². The Morgan fingerprint density at radius 1 is 1.25 bits per heavy atom. The molecule has 8 heteroatoms. The van der Waals surface area contributed by atoms with Crippen molar-refractivity contribution in [2.75, 3.05) is 7.11 Å². The fourth-order valence-electron chi connectivity index (χ4n) is 2.32. The molecule has 0 atom stereocenters. The van der Waals surface area contributed by atoms with Crippen LogP contribution in [0.3, 0.4) is 0 Å². The van der Waals surface area contributed by atoms with Crippen molar-refractivity contribution in [2.24, 2.45) is 0 Å². The molecule has 0 fully saturated rings. The highest BCUT2D eigenvalue weighted by atomic mass is 16.6. The zero-order valence-electron chi connectivity index (χ0n) is 12.3. The maximum Gasteiger partial charge on any atom is 0.315 e. The molecule has 0 amide bonds. The summed E-state index contributed by atoms with van der Waals surface area (Å²) in [5, 5.41) is 30.2. The average Bonchev–Trinajstić information content (AvgIpc) is 2.83. The van der Waals surface area contributed by atoms with Gasteiger partial charge in [-0.05, 0) is 29.8 Å². The van der Waals surface area contributed by atoms with Gasteiger partial charge in [0.25, 0.3) is 0 Å². The molecule has 2 N–H and O–H groups in total. The number of hydrogen-bond acceptors (Lipinski definition) is 7. The fraction of sp³-hybridized carbons (Fsp3) is 0.0625. The molecule has 1 heterocycles. The molecular formula is C16H11NO7. The molecule has 0 saturated carbocycles. The molecule has 0 saturated heterocycles. The summed E-state index contributed by atoms with van der Waals surface area (Å²) in [5.41, 5.74) is -0.0298. The first kappa shape index (κ1) is 15.3. The van der Waals surface area contributed by atoms with Gasteiger partial charge in [-0.15, -0.1) is 0 Å². The number of allylic oxidation sites excluding steroid dienone is 1. The number of ether oxygens (including phenoxy) is 2. The Kier molecular flexibility index (Phi) is 3.57. The lowest BCUT2D eigenvalue weighted by Gasteiger charge is -2.06. The van der Waals surface area contributed by atoms with Gasteiger partial charge < -0.3 is 19.7 Å². The van der Waals surface area contributed by atoms with Crippen molar-refractivity contribution in [1.82, 2.24) is 0 Å².